The standard InChI is InChI=1S/C10H12N2O4/c1-6-9(13)11-4-5-12(6)8-3-2-7(16-8)10(14)15/h2-3,6H,4-5H2,1H3,(H,11,13)(H,14,15). The monoisotopic (exact) mass is 224 g/mol. The molecule has 6 heteroatoms. The van der Waals surface area contributed by atoms with Crippen LogP contribution in [0.3, 0.4) is 0 Å². The van der Waals surface area contributed by atoms with Crippen LogP contribution in [0.25, 0.3) is 0 Å². The lowest BCUT2D eigenvalue weighted by atomic mass is 10.2. The van der Waals surface area contributed by atoms with Crippen LogP contribution in [0.15, 0.2) is 16.5 Å². The van der Waals surface area contributed by atoms with E-state index in [0.29, 0.717) is 19.0 Å². The molecular weight excluding hydrogens is 212 g/mol. The zero-order valence-electron chi connectivity index (χ0n) is 8.77. The van der Waals surface area contributed by atoms with Gasteiger partial charge in [-0.1, -0.05) is 0 Å². The number of hydrogen-bond donors (Lipinski definition) is 2. The summed E-state index contributed by atoms with van der Waals surface area (Å²) in [7, 11) is 0. The van der Waals surface area contributed by atoms with Crippen LogP contribution in [-0.4, -0.2) is 36.1 Å². The first-order valence-electron chi connectivity index (χ1n) is 4.97. The number of carbonyl (C=O) groups excluding carboxylic acids is 1. The van der Waals surface area contributed by atoms with Gasteiger partial charge in [-0.25, -0.2) is 4.79 Å². The van der Waals surface area contributed by atoms with E-state index >= 15 is 0 Å². The van der Waals surface area contributed by atoms with E-state index in [-0.39, 0.29) is 17.7 Å². The number of carbonyl (C=O) groups is 2. The van der Waals surface area contributed by atoms with Crippen molar-refractivity contribution in [3.05, 3.63) is 17.9 Å². The summed E-state index contributed by atoms with van der Waals surface area (Å²) in [6.45, 7) is 2.89. The zero-order chi connectivity index (χ0) is 11.7. The molecule has 6 nitrogen and oxygen atoms in total. The van der Waals surface area contributed by atoms with Gasteiger partial charge in [-0.3, -0.25) is 4.79 Å². The van der Waals surface area contributed by atoms with Crippen LogP contribution < -0.4 is 10.2 Å². The molecular formula is C10H12N2O4. The minimum Gasteiger partial charge on any atom is -0.475 e. The van der Waals surface area contributed by atoms with E-state index in [0.717, 1.165) is 0 Å². The van der Waals surface area contributed by atoms with E-state index in [9.17, 15) is 9.59 Å². The summed E-state index contributed by atoms with van der Waals surface area (Å²) in [4.78, 5) is 23.8. The normalized spacial score (nSPS) is 20.7. The van der Waals surface area contributed by atoms with Gasteiger partial charge >= 0.3 is 5.97 Å². The molecule has 1 saturated heterocycles. The Balaban J connectivity index is 2.22. The van der Waals surface area contributed by atoms with E-state index in [2.05, 4.69) is 5.32 Å². The van der Waals surface area contributed by atoms with Crippen molar-refractivity contribution in [2.24, 2.45) is 0 Å². The second kappa shape index (κ2) is 3.88. The summed E-state index contributed by atoms with van der Waals surface area (Å²) < 4.78 is 5.15. The molecule has 2 rings (SSSR count). The molecule has 1 atom stereocenters. The Labute approximate surface area is 91.8 Å². The van der Waals surface area contributed by atoms with Gasteiger partial charge in [-0.05, 0) is 13.0 Å². The van der Waals surface area contributed by atoms with E-state index in [4.69, 9.17) is 9.52 Å². The maximum atomic E-state index is 11.4. The van der Waals surface area contributed by atoms with E-state index in [1.807, 2.05) is 0 Å². The average molecular weight is 224 g/mol. The number of carboxylic acids is 1. The van der Waals surface area contributed by atoms with Crippen molar-refractivity contribution in [1.82, 2.24) is 5.32 Å². The molecule has 86 valence electrons. The van der Waals surface area contributed by atoms with Crippen molar-refractivity contribution >= 4 is 17.8 Å². The number of piperazine rings is 1. The van der Waals surface area contributed by atoms with Crippen LogP contribution in [0.2, 0.25) is 0 Å². The first-order chi connectivity index (χ1) is 7.59. The molecule has 1 fully saturated rings. The van der Waals surface area contributed by atoms with Crippen molar-refractivity contribution in [3.63, 3.8) is 0 Å². The predicted molar refractivity (Wildman–Crippen MR) is 55.5 cm³/mol. The molecule has 1 amide bonds. The third-order valence-electron chi connectivity index (χ3n) is 2.58. The van der Waals surface area contributed by atoms with Crippen LogP contribution in [0.4, 0.5) is 5.88 Å². The van der Waals surface area contributed by atoms with Crippen molar-refractivity contribution in [2.45, 2.75) is 13.0 Å². The molecule has 0 bridgehead atoms. The largest absolute Gasteiger partial charge is 0.475 e. The Bertz CT molecular complexity index is 426. The molecule has 0 radical (unpaired) electrons. The highest BCUT2D eigenvalue weighted by molar-refractivity contribution is 5.87. The Morgan fingerprint density at radius 3 is 3.00 bits per heavy atom. The molecule has 1 aromatic rings. The molecule has 1 aliphatic heterocycles. The SMILES string of the molecule is CC1C(=O)NCCN1c1ccc(C(=O)O)o1. The van der Waals surface area contributed by atoms with Gasteiger partial charge in [0.1, 0.15) is 6.04 Å². The Morgan fingerprint density at radius 2 is 2.38 bits per heavy atom. The zero-order valence-corrected chi connectivity index (χ0v) is 8.77. The Kier molecular flexibility index (Phi) is 2.55. The lowest BCUT2D eigenvalue weighted by molar-refractivity contribution is -0.122. The van der Waals surface area contributed by atoms with Gasteiger partial charge in [0, 0.05) is 19.2 Å². The van der Waals surface area contributed by atoms with Gasteiger partial charge < -0.3 is 19.7 Å². The van der Waals surface area contributed by atoms with Gasteiger partial charge in [0.25, 0.3) is 0 Å². The smallest absolute Gasteiger partial charge is 0.371 e. The van der Waals surface area contributed by atoms with E-state index in [1.165, 1.54) is 6.07 Å². The Morgan fingerprint density at radius 1 is 1.62 bits per heavy atom. The quantitative estimate of drug-likeness (QED) is 0.755. The summed E-state index contributed by atoms with van der Waals surface area (Å²) in [5.74, 6) is -0.896. The lowest BCUT2D eigenvalue weighted by Crippen LogP contribution is -2.53. The highest BCUT2D eigenvalue weighted by Crippen LogP contribution is 2.21. The van der Waals surface area contributed by atoms with Crippen molar-refractivity contribution in [3.8, 4) is 0 Å². The maximum Gasteiger partial charge on any atom is 0.371 e. The summed E-state index contributed by atoms with van der Waals surface area (Å²) in [5, 5.41) is 11.4. The molecule has 1 aromatic heterocycles. The highest BCUT2D eigenvalue weighted by atomic mass is 16.4. The maximum absolute atomic E-state index is 11.4. The highest BCUT2D eigenvalue weighted by Gasteiger charge is 2.27. The first-order valence-corrected chi connectivity index (χ1v) is 4.97. The average Bonchev–Trinajstić information content (AvgIpc) is 2.71. The second-order valence-corrected chi connectivity index (χ2v) is 3.60. The van der Waals surface area contributed by atoms with Crippen LogP contribution in [-0.2, 0) is 4.79 Å². The van der Waals surface area contributed by atoms with Crippen molar-refractivity contribution in [2.75, 3.05) is 18.0 Å². The van der Waals surface area contributed by atoms with E-state index in [1.54, 1.807) is 17.9 Å². The molecule has 16 heavy (non-hydrogen) atoms. The minimum atomic E-state index is -1.11. The van der Waals surface area contributed by atoms with Crippen LogP contribution in [0.1, 0.15) is 17.5 Å². The molecule has 1 aliphatic rings. The molecule has 2 N–H and O–H groups in total. The number of nitrogens with one attached hydrogen (secondary N) is 1. The molecule has 0 spiro atoms. The number of rotatable bonds is 2. The lowest BCUT2D eigenvalue weighted by Gasteiger charge is -2.32. The fraction of sp³-hybridized carbons (Fsp3) is 0.400. The fourth-order valence-electron chi connectivity index (χ4n) is 1.68. The van der Waals surface area contributed by atoms with Gasteiger partial charge in [-0.2, -0.15) is 0 Å². The summed E-state index contributed by atoms with van der Waals surface area (Å²) in [6.07, 6.45) is 0. The molecule has 0 aromatic carbocycles. The molecule has 1 unspecified atom stereocenters. The number of anilines is 1. The minimum absolute atomic E-state index is 0.0838. The van der Waals surface area contributed by atoms with Crippen molar-refractivity contribution < 1.29 is 19.1 Å². The van der Waals surface area contributed by atoms with Gasteiger partial charge in [-0.15, -0.1) is 0 Å². The first kappa shape index (κ1) is 10.5. The topological polar surface area (TPSA) is 82.8 Å². The Hall–Kier alpha value is -1.98. The number of aromatic carboxylic acids is 1. The summed E-state index contributed by atoms with van der Waals surface area (Å²) in [5.41, 5.74) is 0. The fourth-order valence-corrected chi connectivity index (χ4v) is 1.68. The predicted octanol–water partition coefficient (Wildman–Crippen LogP) is 0.302. The number of furan rings is 1. The molecule has 2 heterocycles. The number of nitrogens with zero attached hydrogens (tertiary/aromatic N) is 1. The van der Waals surface area contributed by atoms with Crippen LogP contribution in [0, 0.1) is 0 Å². The third kappa shape index (κ3) is 1.73. The third-order valence-corrected chi connectivity index (χ3v) is 2.58. The summed E-state index contributed by atoms with van der Waals surface area (Å²) >= 11 is 0. The summed E-state index contributed by atoms with van der Waals surface area (Å²) in [6, 6.07) is 2.61. The number of amides is 1. The van der Waals surface area contributed by atoms with Crippen molar-refractivity contribution in [1.29, 1.82) is 0 Å². The van der Waals surface area contributed by atoms with E-state index < -0.39 is 5.97 Å². The van der Waals surface area contributed by atoms with Gasteiger partial charge in [0.15, 0.2) is 5.88 Å². The van der Waals surface area contributed by atoms with Gasteiger partial charge in [0.05, 0.1) is 0 Å². The number of carboxylic acid groups (broad SMARTS) is 1. The molecule has 0 saturated carbocycles. The number of hydrogen-bond acceptors (Lipinski definition) is 4. The second-order valence-electron chi connectivity index (χ2n) is 3.60. The molecule has 0 aliphatic carbocycles. The van der Waals surface area contributed by atoms with Crippen LogP contribution >= 0.6 is 0 Å². The van der Waals surface area contributed by atoms with Gasteiger partial charge in [0.2, 0.25) is 11.7 Å². The van der Waals surface area contributed by atoms with Crippen LogP contribution in [0.5, 0.6) is 0 Å².